The molecule has 0 spiro atoms. The number of rotatable bonds is 48. The van der Waals surface area contributed by atoms with Crippen molar-refractivity contribution >= 4 is 11.8 Å². The second-order valence-corrected chi connectivity index (χ2v) is 19.9. The molecule has 4 N–H and O–H groups in total. The lowest BCUT2D eigenvalue weighted by atomic mass is 10.1. The van der Waals surface area contributed by atoms with Gasteiger partial charge in [0, 0.05) is 66.5 Å². The molecule has 11 nitrogen and oxygen atoms in total. The van der Waals surface area contributed by atoms with Gasteiger partial charge >= 0.3 is 0 Å². The summed E-state index contributed by atoms with van der Waals surface area (Å²) in [7, 11) is 5.44. The Balaban J connectivity index is 4.98. The summed E-state index contributed by atoms with van der Waals surface area (Å²) in [6, 6.07) is 0. The lowest BCUT2D eigenvalue weighted by Gasteiger charge is -2.29. The topological polar surface area (TPSA) is 131 Å². The van der Waals surface area contributed by atoms with Crippen LogP contribution in [0.15, 0.2) is 0 Å². The Labute approximate surface area is 396 Å². The number of nitrogens with zero attached hydrogens (tertiary/aromatic N) is 5. The van der Waals surface area contributed by atoms with Crippen LogP contribution in [0.3, 0.4) is 0 Å². The molecule has 0 saturated heterocycles. The van der Waals surface area contributed by atoms with Gasteiger partial charge in [0.15, 0.2) is 0 Å². The average Bonchev–Trinajstić information content (AvgIpc) is 3.25. The van der Waals surface area contributed by atoms with Crippen molar-refractivity contribution in [2.45, 2.75) is 245 Å². The maximum atomic E-state index is 13.3. The van der Waals surface area contributed by atoms with Gasteiger partial charge in [0.05, 0.1) is 37.5 Å². The molecule has 0 aliphatic carbocycles. The van der Waals surface area contributed by atoms with Crippen molar-refractivity contribution in [3.05, 3.63) is 0 Å². The van der Waals surface area contributed by atoms with E-state index in [0.29, 0.717) is 52.4 Å². The molecule has 382 valence electrons. The summed E-state index contributed by atoms with van der Waals surface area (Å²) in [6.07, 6.45) is 31.5. The molecule has 0 aromatic carbocycles. The van der Waals surface area contributed by atoms with Crippen molar-refractivity contribution in [1.29, 1.82) is 0 Å². The Kier molecular flexibility index (Phi) is 43.3. The molecule has 0 radical (unpaired) electrons. The Morgan fingerprint density at radius 2 is 0.578 bits per heavy atom. The van der Waals surface area contributed by atoms with Crippen molar-refractivity contribution in [1.82, 2.24) is 24.5 Å². The van der Waals surface area contributed by atoms with Gasteiger partial charge in [0.2, 0.25) is 11.8 Å². The van der Waals surface area contributed by atoms with Gasteiger partial charge in [-0.3, -0.25) is 24.3 Å². The fraction of sp³-hybridized carbons (Fsp3) is 0.962. The molecule has 0 bridgehead atoms. The first-order chi connectivity index (χ1) is 30.9. The zero-order chi connectivity index (χ0) is 47.6. The second-order valence-electron chi connectivity index (χ2n) is 19.9. The SMILES string of the molecule is CCCCCCCCC(O)CN(CCCN(C)C(=O)CN(C)CC(=O)N(C)CCCN(CC(O)CCCCCCCC)CC(O)CCCCCCCC)CC(O)CCCCCCCC. The molecule has 0 heterocycles. The summed E-state index contributed by atoms with van der Waals surface area (Å²) in [6.45, 7) is 13.9. The largest absolute Gasteiger partial charge is 0.392 e. The molecule has 0 fully saturated rings. The van der Waals surface area contributed by atoms with E-state index in [9.17, 15) is 30.0 Å². The van der Waals surface area contributed by atoms with Crippen LogP contribution in [0.1, 0.15) is 220 Å². The fourth-order valence-electron chi connectivity index (χ4n) is 8.78. The number of hydrogen-bond acceptors (Lipinski definition) is 9. The summed E-state index contributed by atoms with van der Waals surface area (Å²) in [4.78, 5) is 36.1. The molecule has 4 unspecified atom stereocenters. The van der Waals surface area contributed by atoms with E-state index in [0.717, 1.165) is 89.9 Å². The van der Waals surface area contributed by atoms with Crippen LogP contribution in [0.5, 0.6) is 0 Å². The highest BCUT2D eigenvalue weighted by atomic mass is 16.3. The highest BCUT2D eigenvalue weighted by Crippen LogP contribution is 2.15. The first-order valence-corrected chi connectivity index (χ1v) is 27.2. The summed E-state index contributed by atoms with van der Waals surface area (Å²) < 4.78 is 0. The van der Waals surface area contributed by atoms with Crippen molar-refractivity contribution in [2.75, 3.05) is 86.6 Å². The van der Waals surface area contributed by atoms with Crippen molar-refractivity contribution in [3.63, 3.8) is 0 Å². The minimum absolute atomic E-state index is 0.0367. The van der Waals surface area contributed by atoms with E-state index in [1.54, 1.807) is 14.7 Å². The standard InChI is InChI=1S/C53H109N5O6/c1-8-12-16-20-24-28-34-48(59)42-57(43-49(60)35-29-25-21-17-13-9-2)40-32-38-55(6)52(63)46-54(5)47-53(64)56(7)39-33-41-58(44-50(61)36-30-26-22-18-14-10-3)45-51(62)37-31-27-23-19-15-11-4/h48-51,59-62H,8-47H2,1-7H3. The zero-order valence-electron chi connectivity index (χ0n) is 43.4. The maximum absolute atomic E-state index is 13.3. The quantitative estimate of drug-likeness (QED) is 0.0441. The van der Waals surface area contributed by atoms with Crippen LogP contribution >= 0.6 is 0 Å². The summed E-state index contributed by atoms with van der Waals surface area (Å²) in [5, 5.41) is 43.7. The third-order valence-electron chi connectivity index (χ3n) is 13.0. The average molecular weight is 912 g/mol. The molecular weight excluding hydrogens is 803 g/mol. The third-order valence-corrected chi connectivity index (χ3v) is 13.0. The molecular formula is C53H109N5O6. The predicted molar refractivity (Wildman–Crippen MR) is 271 cm³/mol. The first kappa shape index (κ1) is 62.7. The van der Waals surface area contributed by atoms with Gasteiger partial charge in [0.25, 0.3) is 0 Å². The number of likely N-dealkylation sites (N-methyl/N-ethyl adjacent to an activating group) is 3. The molecule has 0 aliphatic rings. The van der Waals surface area contributed by atoms with Crippen molar-refractivity contribution in [3.8, 4) is 0 Å². The van der Waals surface area contributed by atoms with E-state index in [-0.39, 0.29) is 24.9 Å². The molecule has 11 heteroatoms. The first-order valence-electron chi connectivity index (χ1n) is 27.2. The van der Waals surface area contributed by atoms with Crippen LogP contribution in [-0.4, -0.2) is 168 Å². The van der Waals surface area contributed by atoms with Gasteiger partial charge in [-0.25, -0.2) is 0 Å². The second kappa shape index (κ2) is 44.2. The fourth-order valence-corrected chi connectivity index (χ4v) is 8.78. The predicted octanol–water partition coefficient (Wildman–Crippen LogP) is 9.67. The van der Waals surface area contributed by atoms with Crippen molar-refractivity contribution in [2.24, 2.45) is 0 Å². The monoisotopic (exact) mass is 912 g/mol. The molecule has 0 aromatic rings. The van der Waals surface area contributed by atoms with Crippen LogP contribution in [0, 0.1) is 0 Å². The maximum Gasteiger partial charge on any atom is 0.236 e. The van der Waals surface area contributed by atoms with Gasteiger partial charge in [-0.05, 0) is 45.6 Å². The summed E-state index contributed by atoms with van der Waals surface area (Å²) >= 11 is 0. The summed E-state index contributed by atoms with van der Waals surface area (Å²) in [5.41, 5.74) is 0. The van der Waals surface area contributed by atoms with E-state index in [1.165, 1.54) is 103 Å². The minimum atomic E-state index is -0.421. The molecule has 0 aromatic heterocycles. The minimum Gasteiger partial charge on any atom is -0.392 e. The molecule has 0 saturated carbocycles. The Hall–Kier alpha value is -1.34. The Morgan fingerprint density at radius 3 is 0.828 bits per heavy atom. The van der Waals surface area contributed by atoms with Crippen molar-refractivity contribution < 1.29 is 30.0 Å². The smallest absolute Gasteiger partial charge is 0.236 e. The number of unbranched alkanes of at least 4 members (excludes halogenated alkanes) is 20. The number of carbonyl (C=O) groups excluding carboxylic acids is 2. The molecule has 2 amide bonds. The number of aliphatic hydroxyl groups is 4. The van der Waals surface area contributed by atoms with Gasteiger partial charge < -0.3 is 30.2 Å². The normalized spacial score (nSPS) is 13.8. The van der Waals surface area contributed by atoms with Gasteiger partial charge in [-0.1, -0.05) is 182 Å². The van der Waals surface area contributed by atoms with Gasteiger partial charge in [-0.2, -0.15) is 0 Å². The van der Waals surface area contributed by atoms with E-state index < -0.39 is 24.4 Å². The Bertz CT molecular complexity index is 915. The van der Waals surface area contributed by atoms with Crippen LogP contribution in [0.25, 0.3) is 0 Å². The number of hydrogen-bond donors (Lipinski definition) is 4. The molecule has 4 atom stereocenters. The molecule has 64 heavy (non-hydrogen) atoms. The van der Waals surface area contributed by atoms with Crippen LogP contribution in [0.2, 0.25) is 0 Å². The number of amides is 2. The van der Waals surface area contributed by atoms with E-state index in [1.807, 2.05) is 21.1 Å². The van der Waals surface area contributed by atoms with E-state index >= 15 is 0 Å². The highest BCUT2D eigenvalue weighted by Gasteiger charge is 2.20. The number of carbonyl (C=O) groups is 2. The van der Waals surface area contributed by atoms with Gasteiger partial charge in [-0.15, -0.1) is 0 Å². The van der Waals surface area contributed by atoms with Gasteiger partial charge in [0.1, 0.15) is 0 Å². The number of aliphatic hydroxyl groups excluding tert-OH is 4. The third kappa shape index (κ3) is 38.7. The van der Waals surface area contributed by atoms with E-state index in [4.69, 9.17) is 0 Å². The zero-order valence-corrected chi connectivity index (χ0v) is 43.4. The van der Waals surface area contributed by atoms with Crippen LogP contribution in [0.4, 0.5) is 0 Å². The lowest BCUT2D eigenvalue weighted by molar-refractivity contribution is -0.134. The molecule has 0 rings (SSSR count). The Morgan fingerprint density at radius 1 is 0.344 bits per heavy atom. The van der Waals surface area contributed by atoms with E-state index in [2.05, 4.69) is 37.5 Å². The lowest BCUT2D eigenvalue weighted by Crippen LogP contribution is -2.44. The molecule has 0 aliphatic heterocycles. The highest BCUT2D eigenvalue weighted by molar-refractivity contribution is 5.81. The van der Waals surface area contributed by atoms with Crippen LogP contribution < -0.4 is 0 Å². The summed E-state index contributed by atoms with van der Waals surface area (Å²) in [5.74, 6) is -0.0733. The van der Waals surface area contributed by atoms with Crippen LogP contribution in [-0.2, 0) is 9.59 Å².